The molecule has 0 aliphatic heterocycles. The molecule has 2 heterocycles. The topological polar surface area (TPSA) is 90.0 Å². The third kappa shape index (κ3) is 3.67. The molecule has 7 heteroatoms. The number of aryl methyl sites for hydroxylation is 1. The lowest BCUT2D eigenvalue weighted by molar-refractivity contribution is -0.116. The van der Waals surface area contributed by atoms with E-state index < -0.39 is 0 Å². The van der Waals surface area contributed by atoms with Gasteiger partial charge in [0.2, 0.25) is 5.91 Å². The number of rotatable bonds is 5. The third-order valence-electron chi connectivity index (χ3n) is 4.81. The van der Waals surface area contributed by atoms with Crippen LogP contribution in [0.25, 0.3) is 11.5 Å². The first-order valence-electron chi connectivity index (χ1n) is 8.92. The highest BCUT2D eigenvalue weighted by atomic mass is 16.5. The van der Waals surface area contributed by atoms with Gasteiger partial charge in [-0.1, -0.05) is 17.3 Å². The van der Waals surface area contributed by atoms with Crippen LogP contribution in [-0.4, -0.2) is 20.6 Å². The summed E-state index contributed by atoms with van der Waals surface area (Å²) < 4.78 is 6.64. The molecule has 1 N–H and O–H groups in total. The molecule has 27 heavy (non-hydrogen) atoms. The molecule has 3 aromatic rings. The second-order valence-electron chi connectivity index (χ2n) is 6.91. The van der Waals surface area contributed by atoms with Crippen LogP contribution in [0.4, 0.5) is 5.69 Å². The minimum Gasteiger partial charge on any atom is -0.334 e. The Bertz CT molecular complexity index is 1060. The molecule has 0 unspecified atom stereocenters. The van der Waals surface area contributed by atoms with Crippen LogP contribution in [0.15, 0.2) is 45.8 Å². The maximum atomic E-state index is 12.4. The SMILES string of the molecule is Cc1cccc(NC(=O)Cn2cc(-c3nc(C4CC4)no3)ccc2=O)c1C. The highest BCUT2D eigenvalue weighted by Gasteiger charge is 2.29. The summed E-state index contributed by atoms with van der Waals surface area (Å²) in [5, 5.41) is 6.85. The van der Waals surface area contributed by atoms with Crippen LogP contribution in [0.5, 0.6) is 0 Å². The fourth-order valence-electron chi connectivity index (χ4n) is 2.87. The molecular weight excluding hydrogens is 344 g/mol. The Hall–Kier alpha value is -3.22. The molecule has 0 spiro atoms. The monoisotopic (exact) mass is 364 g/mol. The van der Waals surface area contributed by atoms with E-state index in [2.05, 4.69) is 15.5 Å². The Kier molecular flexibility index (Phi) is 4.35. The molecule has 1 saturated carbocycles. The molecule has 1 aromatic carbocycles. The first-order chi connectivity index (χ1) is 13.0. The average molecular weight is 364 g/mol. The summed E-state index contributed by atoms with van der Waals surface area (Å²) in [5.74, 6) is 1.18. The van der Waals surface area contributed by atoms with Crippen LogP contribution in [0.2, 0.25) is 0 Å². The van der Waals surface area contributed by atoms with Crippen molar-refractivity contribution in [3.05, 3.63) is 63.8 Å². The number of hydrogen-bond donors (Lipinski definition) is 1. The van der Waals surface area contributed by atoms with Crippen molar-refractivity contribution in [3.8, 4) is 11.5 Å². The van der Waals surface area contributed by atoms with Gasteiger partial charge < -0.3 is 14.4 Å². The van der Waals surface area contributed by atoms with Gasteiger partial charge >= 0.3 is 0 Å². The van der Waals surface area contributed by atoms with Gasteiger partial charge in [0.15, 0.2) is 5.82 Å². The van der Waals surface area contributed by atoms with Gasteiger partial charge in [-0.25, -0.2) is 0 Å². The minimum atomic E-state index is -0.271. The second-order valence-corrected chi connectivity index (χ2v) is 6.91. The lowest BCUT2D eigenvalue weighted by Crippen LogP contribution is -2.27. The molecule has 2 aromatic heterocycles. The maximum absolute atomic E-state index is 12.4. The molecular formula is C20H20N4O3. The summed E-state index contributed by atoms with van der Waals surface area (Å²) in [5.41, 5.74) is 3.20. The van der Waals surface area contributed by atoms with Crippen molar-refractivity contribution >= 4 is 11.6 Å². The van der Waals surface area contributed by atoms with E-state index in [4.69, 9.17) is 4.52 Å². The predicted octanol–water partition coefficient (Wildman–Crippen LogP) is 3.03. The van der Waals surface area contributed by atoms with E-state index in [0.29, 0.717) is 23.2 Å². The summed E-state index contributed by atoms with van der Waals surface area (Å²) >= 11 is 0. The van der Waals surface area contributed by atoms with Gasteiger partial charge in [0.05, 0.1) is 5.56 Å². The summed E-state index contributed by atoms with van der Waals surface area (Å²) in [6, 6.07) is 8.75. The van der Waals surface area contributed by atoms with E-state index in [-0.39, 0.29) is 18.0 Å². The number of benzene rings is 1. The summed E-state index contributed by atoms with van der Waals surface area (Å²) in [6.07, 6.45) is 3.74. The molecule has 138 valence electrons. The van der Waals surface area contributed by atoms with E-state index >= 15 is 0 Å². The van der Waals surface area contributed by atoms with Gasteiger partial charge in [-0.15, -0.1) is 0 Å². The summed E-state index contributed by atoms with van der Waals surface area (Å²) in [6.45, 7) is 3.84. The normalized spacial score (nSPS) is 13.6. The zero-order valence-electron chi connectivity index (χ0n) is 15.2. The number of amides is 1. The number of anilines is 1. The van der Waals surface area contributed by atoms with E-state index in [1.807, 2.05) is 32.0 Å². The Morgan fingerprint density at radius 2 is 2.07 bits per heavy atom. The van der Waals surface area contributed by atoms with Gasteiger partial charge in [-0.2, -0.15) is 4.98 Å². The van der Waals surface area contributed by atoms with Crippen LogP contribution in [-0.2, 0) is 11.3 Å². The lowest BCUT2D eigenvalue weighted by atomic mass is 10.1. The van der Waals surface area contributed by atoms with Crippen molar-refractivity contribution < 1.29 is 9.32 Å². The van der Waals surface area contributed by atoms with Crippen molar-refractivity contribution in [1.82, 2.24) is 14.7 Å². The quantitative estimate of drug-likeness (QED) is 0.751. The zero-order valence-corrected chi connectivity index (χ0v) is 15.2. The first-order valence-corrected chi connectivity index (χ1v) is 8.92. The molecule has 0 radical (unpaired) electrons. The molecule has 0 saturated heterocycles. The van der Waals surface area contributed by atoms with Crippen molar-refractivity contribution in [3.63, 3.8) is 0 Å². The molecule has 0 atom stereocenters. The number of hydrogen-bond acceptors (Lipinski definition) is 5. The van der Waals surface area contributed by atoms with Gasteiger partial charge in [0.25, 0.3) is 11.4 Å². The second kappa shape index (κ2) is 6.83. The standard InChI is InChI=1S/C20H20N4O3/c1-12-4-3-5-16(13(12)2)21-17(25)11-24-10-15(8-9-18(24)26)20-22-19(23-27-20)14-6-7-14/h3-5,8-10,14H,6-7,11H2,1-2H3,(H,21,25). The van der Waals surface area contributed by atoms with Crippen molar-refractivity contribution in [1.29, 1.82) is 0 Å². The van der Waals surface area contributed by atoms with Gasteiger partial charge in [-0.3, -0.25) is 9.59 Å². The molecule has 1 amide bonds. The van der Waals surface area contributed by atoms with Crippen LogP contribution < -0.4 is 10.9 Å². The number of pyridine rings is 1. The minimum absolute atomic E-state index is 0.0936. The molecule has 1 fully saturated rings. The highest BCUT2D eigenvalue weighted by molar-refractivity contribution is 5.91. The first kappa shape index (κ1) is 17.2. The number of aromatic nitrogens is 3. The van der Waals surface area contributed by atoms with Gasteiger partial charge in [0, 0.05) is 23.9 Å². The van der Waals surface area contributed by atoms with Gasteiger partial charge in [0.1, 0.15) is 6.54 Å². The third-order valence-corrected chi connectivity index (χ3v) is 4.81. The van der Waals surface area contributed by atoms with Crippen LogP contribution in [0.1, 0.15) is 35.7 Å². The lowest BCUT2D eigenvalue weighted by Gasteiger charge is -2.11. The fourth-order valence-corrected chi connectivity index (χ4v) is 2.87. The van der Waals surface area contributed by atoms with E-state index in [9.17, 15) is 9.59 Å². The smallest absolute Gasteiger partial charge is 0.259 e. The highest BCUT2D eigenvalue weighted by Crippen LogP contribution is 2.38. The van der Waals surface area contributed by atoms with Crippen molar-refractivity contribution in [2.24, 2.45) is 0 Å². The summed E-state index contributed by atoms with van der Waals surface area (Å²) in [7, 11) is 0. The Balaban J connectivity index is 1.53. The average Bonchev–Trinajstić information content (AvgIpc) is 3.38. The number of nitrogens with zero attached hydrogens (tertiary/aromatic N) is 3. The Labute approximate surface area is 156 Å². The molecule has 7 nitrogen and oxygen atoms in total. The molecule has 0 bridgehead atoms. The van der Waals surface area contributed by atoms with E-state index in [0.717, 1.165) is 29.7 Å². The van der Waals surface area contributed by atoms with Crippen LogP contribution in [0.3, 0.4) is 0 Å². The number of carbonyl (C=O) groups is 1. The molecule has 1 aliphatic carbocycles. The van der Waals surface area contributed by atoms with E-state index in [1.54, 1.807) is 12.3 Å². The maximum Gasteiger partial charge on any atom is 0.259 e. The molecule has 4 rings (SSSR count). The predicted molar refractivity (Wildman–Crippen MR) is 101 cm³/mol. The Morgan fingerprint density at radius 3 is 2.85 bits per heavy atom. The largest absolute Gasteiger partial charge is 0.334 e. The van der Waals surface area contributed by atoms with Gasteiger partial charge in [-0.05, 0) is 49.9 Å². The van der Waals surface area contributed by atoms with Crippen molar-refractivity contribution in [2.75, 3.05) is 5.32 Å². The Morgan fingerprint density at radius 1 is 1.26 bits per heavy atom. The van der Waals surface area contributed by atoms with E-state index in [1.165, 1.54) is 10.6 Å². The summed E-state index contributed by atoms with van der Waals surface area (Å²) in [4.78, 5) is 29.0. The number of nitrogens with one attached hydrogen (secondary N) is 1. The zero-order chi connectivity index (χ0) is 19.0. The molecule has 1 aliphatic rings. The van der Waals surface area contributed by atoms with Crippen LogP contribution >= 0.6 is 0 Å². The number of carbonyl (C=O) groups excluding carboxylic acids is 1. The van der Waals surface area contributed by atoms with Crippen LogP contribution in [0, 0.1) is 13.8 Å². The van der Waals surface area contributed by atoms with Crippen molar-refractivity contribution in [2.45, 2.75) is 39.2 Å². The fraction of sp³-hybridized carbons (Fsp3) is 0.300.